The molecule has 0 saturated heterocycles. The number of H-pyrrole nitrogens is 2. The molecule has 0 aliphatic heterocycles. The van der Waals surface area contributed by atoms with Crippen LogP contribution in [-0.2, 0) is 0 Å². The Morgan fingerprint density at radius 3 is 1.45 bits per heavy atom. The number of nitrogens with one attached hydrogen (secondary N) is 4. The summed E-state index contributed by atoms with van der Waals surface area (Å²) in [7, 11) is 0. The second-order valence-corrected chi connectivity index (χ2v) is 12.5. The Hall–Kier alpha value is -7.80. The highest BCUT2D eigenvalue weighted by Gasteiger charge is 2.26. The first-order valence-electron chi connectivity index (χ1n) is 16.8. The van der Waals surface area contributed by atoms with E-state index in [1.807, 2.05) is 89.6 Å². The molecule has 0 aliphatic rings. The maximum Gasteiger partial charge on any atom is 0.261 e. The highest BCUT2D eigenvalue weighted by atomic mass is 16.2. The van der Waals surface area contributed by atoms with Crippen LogP contribution in [0.3, 0.4) is 0 Å². The molecule has 7 heterocycles. The number of hydrogen-bond donors (Lipinski definition) is 4. The van der Waals surface area contributed by atoms with Crippen molar-refractivity contribution in [1.29, 1.82) is 0 Å². The first-order valence-corrected chi connectivity index (χ1v) is 16.8. The summed E-state index contributed by atoms with van der Waals surface area (Å²) in [5.74, 6) is 1.92. The minimum absolute atomic E-state index is 0.183. The summed E-state index contributed by atoms with van der Waals surface area (Å²) in [6, 6.07) is 29.9. The van der Waals surface area contributed by atoms with Crippen LogP contribution >= 0.6 is 0 Å². The summed E-state index contributed by atoms with van der Waals surface area (Å²) >= 11 is 0. The number of carbonyl (C=O) groups excluding carboxylic acids is 2. The van der Waals surface area contributed by atoms with E-state index in [4.69, 9.17) is 9.97 Å². The van der Waals surface area contributed by atoms with Crippen molar-refractivity contribution in [3.05, 3.63) is 152 Å². The number of rotatable bonds is 8. The minimum atomic E-state index is -0.183. The number of aromatic amines is 2. The molecule has 7 aromatic heterocycles. The molecule has 10 aromatic rings. The van der Waals surface area contributed by atoms with Crippen LogP contribution in [0.4, 0.5) is 23.0 Å². The van der Waals surface area contributed by atoms with Crippen molar-refractivity contribution in [3.63, 3.8) is 0 Å². The maximum absolute atomic E-state index is 13.7. The predicted molar refractivity (Wildman–Crippen MR) is 202 cm³/mol. The molecule has 0 aliphatic carbocycles. The van der Waals surface area contributed by atoms with Crippen molar-refractivity contribution in [2.24, 2.45) is 0 Å². The molecule has 0 amide bonds. The third-order valence-corrected chi connectivity index (χ3v) is 9.24. The van der Waals surface area contributed by atoms with Crippen molar-refractivity contribution in [2.45, 2.75) is 0 Å². The van der Waals surface area contributed by atoms with Crippen LogP contribution in [0.25, 0.3) is 50.4 Å². The normalized spacial score (nSPS) is 11.5. The molecule has 13 heteroatoms. The summed E-state index contributed by atoms with van der Waals surface area (Å²) in [5.41, 5.74) is 5.88. The first kappa shape index (κ1) is 30.1. The number of benzene rings is 2. The Kier molecular flexibility index (Phi) is 6.76. The average Bonchev–Trinajstić information content (AvgIpc) is 4.06. The second-order valence-electron chi connectivity index (χ2n) is 12.5. The third-order valence-electron chi connectivity index (χ3n) is 9.24. The molecular weight excluding hydrogens is 667 g/mol. The highest BCUT2D eigenvalue weighted by molar-refractivity contribution is 6.13. The zero-order valence-electron chi connectivity index (χ0n) is 27.7. The minimum Gasteiger partial charge on any atom is -0.348 e. The van der Waals surface area contributed by atoms with Gasteiger partial charge in [0.15, 0.2) is 0 Å². The molecule has 10 rings (SSSR count). The standard InChI is InChI=1S/C40H27N11O2/c52-37(24-9-3-1-4-10-24)49-19-28(30(21-49)45-32-13-7-17-41-32)34-26-15-16-27-35(48-40-44-23-43-39(47-34)51(40)36(26)27)29-20-50(38(53)25-11-5-2-6-12-25)22-31(29)46-33-14-8-18-42-33/h1-23,41-42,45-46H. The van der Waals surface area contributed by atoms with Crippen LogP contribution < -0.4 is 10.6 Å². The monoisotopic (exact) mass is 693 g/mol. The van der Waals surface area contributed by atoms with Crippen molar-refractivity contribution >= 4 is 62.7 Å². The van der Waals surface area contributed by atoms with Crippen LogP contribution in [0.5, 0.6) is 0 Å². The Balaban J connectivity index is 1.18. The quantitative estimate of drug-likeness (QED) is 0.126. The maximum atomic E-state index is 13.7. The van der Waals surface area contributed by atoms with Crippen LogP contribution in [0.1, 0.15) is 20.7 Å². The van der Waals surface area contributed by atoms with E-state index in [2.05, 4.69) is 30.6 Å². The zero-order valence-corrected chi connectivity index (χ0v) is 27.7. The lowest BCUT2D eigenvalue weighted by molar-refractivity contribution is 0.0952. The van der Waals surface area contributed by atoms with Gasteiger partial charge in [-0.25, -0.2) is 24.3 Å². The Morgan fingerprint density at radius 2 is 1.02 bits per heavy atom. The molecule has 13 nitrogen and oxygen atoms in total. The lowest BCUT2D eigenvalue weighted by Gasteiger charge is -2.14. The molecule has 0 bridgehead atoms. The smallest absolute Gasteiger partial charge is 0.261 e. The molecule has 0 radical (unpaired) electrons. The highest BCUT2D eigenvalue weighted by Crippen LogP contribution is 2.42. The fraction of sp³-hybridized carbons (Fsp3) is 0. The van der Waals surface area contributed by atoms with Gasteiger partial charge in [-0.15, -0.1) is 0 Å². The van der Waals surface area contributed by atoms with Crippen molar-refractivity contribution < 1.29 is 9.59 Å². The van der Waals surface area contributed by atoms with E-state index < -0.39 is 0 Å². The van der Waals surface area contributed by atoms with E-state index in [9.17, 15) is 9.59 Å². The van der Waals surface area contributed by atoms with E-state index in [-0.39, 0.29) is 11.8 Å². The number of aromatic nitrogens is 9. The Bertz CT molecular complexity index is 2730. The summed E-state index contributed by atoms with van der Waals surface area (Å²) in [6.07, 6.45) is 12.2. The topological polar surface area (TPSA) is 156 Å². The molecule has 3 aromatic carbocycles. The second kappa shape index (κ2) is 11.9. The van der Waals surface area contributed by atoms with Gasteiger partial charge in [-0.05, 0) is 60.7 Å². The molecular formula is C40H27N11O2. The third kappa shape index (κ3) is 5.02. The van der Waals surface area contributed by atoms with Crippen molar-refractivity contribution in [3.8, 4) is 22.5 Å². The van der Waals surface area contributed by atoms with Crippen molar-refractivity contribution in [2.75, 3.05) is 10.6 Å². The van der Waals surface area contributed by atoms with Gasteiger partial charge in [-0.2, -0.15) is 0 Å². The summed E-state index contributed by atoms with van der Waals surface area (Å²) in [6.45, 7) is 0. The molecule has 0 fully saturated rings. The molecule has 0 unspecified atom stereocenters. The van der Waals surface area contributed by atoms with Crippen LogP contribution in [-0.4, -0.2) is 55.3 Å². The predicted octanol–water partition coefficient (Wildman–Crippen LogP) is 7.72. The van der Waals surface area contributed by atoms with Gasteiger partial charge in [0, 0.05) is 70.2 Å². The van der Waals surface area contributed by atoms with Crippen LogP contribution in [0, 0.1) is 0 Å². The van der Waals surface area contributed by atoms with Gasteiger partial charge in [0.1, 0.15) is 18.0 Å². The Morgan fingerprint density at radius 1 is 0.547 bits per heavy atom. The fourth-order valence-electron chi connectivity index (χ4n) is 6.80. The molecule has 0 spiro atoms. The number of hydrogen-bond acceptors (Lipinski definition) is 8. The Labute approximate surface area is 300 Å². The number of carbonyl (C=O) groups is 2. The van der Waals surface area contributed by atoms with Gasteiger partial charge < -0.3 is 20.6 Å². The van der Waals surface area contributed by atoms with Gasteiger partial charge >= 0.3 is 0 Å². The summed E-state index contributed by atoms with van der Waals surface area (Å²) in [5, 5.41) is 8.48. The molecule has 0 atom stereocenters. The van der Waals surface area contributed by atoms with E-state index in [0.29, 0.717) is 56.6 Å². The van der Waals surface area contributed by atoms with Gasteiger partial charge in [0.25, 0.3) is 11.8 Å². The first-order chi connectivity index (χ1) is 26.1. The van der Waals surface area contributed by atoms with Gasteiger partial charge in [-0.1, -0.05) is 36.4 Å². The zero-order chi connectivity index (χ0) is 35.5. The van der Waals surface area contributed by atoms with E-state index in [1.54, 1.807) is 58.2 Å². The van der Waals surface area contributed by atoms with Gasteiger partial charge in [0.2, 0.25) is 11.6 Å². The van der Waals surface area contributed by atoms with Gasteiger partial charge in [-0.3, -0.25) is 18.7 Å². The van der Waals surface area contributed by atoms with Gasteiger partial charge in [0.05, 0.1) is 28.3 Å². The van der Waals surface area contributed by atoms with E-state index >= 15 is 0 Å². The molecule has 0 saturated carbocycles. The SMILES string of the molecule is O=C(c1ccccc1)n1cc(Nc2ccc[nH]2)c(-c2nc3ncnc4nc(-c5cn(C(=O)c6ccccc6)cc5Nc5ccc[nH]5)c5ccc2c5n34)c1. The number of anilines is 4. The number of nitrogens with zero attached hydrogens (tertiary/aromatic N) is 7. The summed E-state index contributed by atoms with van der Waals surface area (Å²) < 4.78 is 4.98. The lowest BCUT2D eigenvalue weighted by atomic mass is 10.1. The molecule has 254 valence electrons. The van der Waals surface area contributed by atoms with E-state index in [1.165, 1.54) is 6.33 Å². The average molecular weight is 694 g/mol. The molecule has 53 heavy (non-hydrogen) atoms. The lowest BCUT2D eigenvalue weighted by Crippen LogP contribution is -2.09. The fourth-order valence-corrected chi connectivity index (χ4v) is 6.80. The summed E-state index contributed by atoms with van der Waals surface area (Å²) in [4.78, 5) is 53.0. The van der Waals surface area contributed by atoms with Crippen LogP contribution in [0.2, 0.25) is 0 Å². The molecule has 4 N–H and O–H groups in total. The van der Waals surface area contributed by atoms with E-state index in [0.717, 1.165) is 27.9 Å². The largest absolute Gasteiger partial charge is 0.348 e. The van der Waals surface area contributed by atoms with Crippen molar-refractivity contribution in [1.82, 2.24) is 43.4 Å². The van der Waals surface area contributed by atoms with Crippen LogP contribution in [0.15, 0.2) is 141 Å².